The van der Waals surface area contributed by atoms with Crippen LogP contribution in [0.1, 0.15) is 34.1 Å². The van der Waals surface area contributed by atoms with Crippen LogP contribution in [0.15, 0.2) is 0 Å². The standard InChI is InChI=1S/C11H20N2O/c1-6-8(3)9(12)10(14)13-11(4,5)7-2/h2,8-9H,6,12H2,1,3-5H3,(H,13,14). The fraction of sp³-hybridized carbons (Fsp3) is 0.727. The minimum absolute atomic E-state index is 0.170. The quantitative estimate of drug-likeness (QED) is 0.656. The summed E-state index contributed by atoms with van der Waals surface area (Å²) in [6, 6.07) is -0.479. The molecule has 2 atom stereocenters. The first-order valence-electron chi connectivity index (χ1n) is 4.89. The van der Waals surface area contributed by atoms with Crippen molar-refractivity contribution in [2.24, 2.45) is 11.7 Å². The van der Waals surface area contributed by atoms with Gasteiger partial charge in [-0.1, -0.05) is 26.2 Å². The van der Waals surface area contributed by atoms with Crippen LogP contribution in [-0.2, 0) is 4.79 Å². The smallest absolute Gasteiger partial charge is 0.238 e. The molecule has 0 heterocycles. The number of nitrogens with one attached hydrogen (secondary N) is 1. The van der Waals surface area contributed by atoms with Gasteiger partial charge in [0.25, 0.3) is 0 Å². The highest BCUT2D eigenvalue weighted by Crippen LogP contribution is 2.07. The van der Waals surface area contributed by atoms with Gasteiger partial charge >= 0.3 is 0 Å². The molecule has 3 nitrogen and oxygen atoms in total. The number of carbonyl (C=O) groups excluding carboxylic acids is 1. The van der Waals surface area contributed by atoms with Crippen LogP contribution in [0.5, 0.6) is 0 Å². The lowest BCUT2D eigenvalue weighted by atomic mass is 9.98. The molecular formula is C11H20N2O. The molecule has 0 aliphatic heterocycles. The first-order chi connectivity index (χ1) is 6.34. The lowest BCUT2D eigenvalue weighted by molar-refractivity contribution is -0.124. The molecule has 0 saturated heterocycles. The second-order valence-electron chi connectivity index (χ2n) is 4.17. The summed E-state index contributed by atoms with van der Waals surface area (Å²) in [6.45, 7) is 7.50. The Morgan fingerprint density at radius 2 is 2.14 bits per heavy atom. The van der Waals surface area contributed by atoms with Crippen LogP contribution >= 0.6 is 0 Å². The molecular weight excluding hydrogens is 176 g/mol. The van der Waals surface area contributed by atoms with Crippen LogP contribution in [0.4, 0.5) is 0 Å². The van der Waals surface area contributed by atoms with Crippen LogP contribution in [0.2, 0.25) is 0 Å². The van der Waals surface area contributed by atoms with E-state index in [1.165, 1.54) is 0 Å². The van der Waals surface area contributed by atoms with E-state index in [-0.39, 0.29) is 11.8 Å². The minimum atomic E-state index is -0.623. The summed E-state index contributed by atoms with van der Waals surface area (Å²) >= 11 is 0. The van der Waals surface area contributed by atoms with Crippen LogP contribution in [0.3, 0.4) is 0 Å². The van der Waals surface area contributed by atoms with E-state index in [1.807, 2.05) is 13.8 Å². The highest BCUT2D eigenvalue weighted by atomic mass is 16.2. The topological polar surface area (TPSA) is 55.1 Å². The van der Waals surface area contributed by atoms with Crippen molar-refractivity contribution in [3.63, 3.8) is 0 Å². The number of rotatable bonds is 4. The molecule has 0 aliphatic carbocycles. The number of hydrogen-bond donors (Lipinski definition) is 2. The van der Waals surface area contributed by atoms with Gasteiger partial charge in [0.15, 0.2) is 0 Å². The summed E-state index contributed by atoms with van der Waals surface area (Å²) in [5, 5.41) is 2.72. The number of nitrogens with two attached hydrogens (primary N) is 1. The number of hydrogen-bond acceptors (Lipinski definition) is 2. The van der Waals surface area contributed by atoms with Gasteiger partial charge in [-0.2, -0.15) is 0 Å². The summed E-state index contributed by atoms with van der Waals surface area (Å²) < 4.78 is 0. The molecule has 0 spiro atoms. The van der Waals surface area contributed by atoms with Crippen LogP contribution < -0.4 is 11.1 Å². The number of carbonyl (C=O) groups is 1. The first-order valence-corrected chi connectivity index (χ1v) is 4.89. The molecule has 0 radical (unpaired) electrons. The van der Waals surface area contributed by atoms with E-state index in [0.717, 1.165) is 6.42 Å². The van der Waals surface area contributed by atoms with E-state index in [1.54, 1.807) is 13.8 Å². The van der Waals surface area contributed by atoms with Crippen molar-refractivity contribution in [2.45, 2.75) is 45.7 Å². The summed E-state index contributed by atoms with van der Waals surface area (Å²) in [5.41, 5.74) is 5.13. The Hall–Kier alpha value is -1.01. The maximum atomic E-state index is 11.6. The predicted octanol–water partition coefficient (Wildman–Crippen LogP) is 0.888. The van der Waals surface area contributed by atoms with Gasteiger partial charge in [0, 0.05) is 0 Å². The lowest BCUT2D eigenvalue weighted by Crippen LogP contribution is -2.51. The van der Waals surface area contributed by atoms with Gasteiger partial charge in [-0.3, -0.25) is 4.79 Å². The van der Waals surface area contributed by atoms with E-state index in [2.05, 4.69) is 11.2 Å². The van der Waals surface area contributed by atoms with Crippen molar-refractivity contribution in [1.29, 1.82) is 0 Å². The van der Waals surface area contributed by atoms with Gasteiger partial charge in [0.2, 0.25) is 5.91 Å². The largest absolute Gasteiger partial charge is 0.339 e. The third-order valence-electron chi connectivity index (χ3n) is 2.36. The molecule has 0 saturated carbocycles. The minimum Gasteiger partial charge on any atom is -0.339 e. The summed E-state index contributed by atoms with van der Waals surface area (Å²) in [4.78, 5) is 11.6. The molecule has 14 heavy (non-hydrogen) atoms. The van der Waals surface area contributed by atoms with Gasteiger partial charge in [-0.25, -0.2) is 0 Å². The fourth-order valence-electron chi connectivity index (χ4n) is 0.940. The van der Waals surface area contributed by atoms with E-state index < -0.39 is 11.6 Å². The van der Waals surface area contributed by atoms with Crippen molar-refractivity contribution in [3.05, 3.63) is 0 Å². The maximum Gasteiger partial charge on any atom is 0.238 e. The van der Waals surface area contributed by atoms with Gasteiger partial charge in [-0.15, -0.1) is 6.42 Å². The molecule has 3 heteroatoms. The second-order valence-corrected chi connectivity index (χ2v) is 4.17. The molecule has 80 valence electrons. The summed E-state index contributed by atoms with van der Waals surface area (Å²) in [5.74, 6) is 2.49. The highest BCUT2D eigenvalue weighted by molar-refractivity contribution is 5.82. The Kier molecular flexibility index (Phi) is 4.65. The molecule has 0 rings (SSSR count). The Morgan fingerprint density at radius 1 is 1.64 bits per heavy atom. The zero-order valence-corrected chi connectivity index (χ0v) is 9.42. The number of amides is 1. The Morgan fingerprint density at radius 3 is 2.50 bits per heavy atom. The Bertz CT molecular complexity index is 240. The van der Waals surface area contributed by atoms with E-state index in [0.29, 0.717) is 0 Å². The highest BCUT2D eigenvalue weighted by Gasteiger charge is 2.24. The molecule has 0 aromatic heterocycles. The summed E-state index contributed by atoms with van der Waals surface area (Å²) in [7, 11) is 0. The SMILES string of the molecule is C#CC(C)(C)NC(=O)C(N)C(C)CC. The van der Waals surface area contributed by atoms with Crippen molar-refractivity contribution < 1.29 is 4.79 Å². The third kappa shape index (κ3) is 3.80. The number of terminal acetylenes is 1. The molecule has 0 bridgehead atoms. The zero-order valence-electron chi connectivity index (χ0n) is 9.42. The van der Waals surface area contributed by atoms with E-state index in [9.17, 15) is 4.79 Å². The molecule has 2 unspecified atom stereocenters. The fourth-order valence-corrected chi connectivity index (χ4v) is 0.940. The van der Waals surface area contributed by atoms with Gasteiger partial charge in [0.1, 0.15) is 0 Å². The van der Waals surface area contributed by atoms with Crippen molar-refractivity contribution >= 4 is 5.91 Å². The van der Waals surface area contributed by atoms with E-state index >= 15 is 0 Å². The van der Waals surface area contributed by atoms with Crippen molar-refractivity contribution in [3.8, 4) is 12.3 Å². The lowest BCUT2D eigenvalue weighted by Gasteiger charge is -2.24. The molecule has 3 N–H and O–H groups in total. The Balaban J connectivity index is 4.30. The van der Waals surface area contributed by atoms with Gasteiger partial charge in [0.05, 0.1) is 11.6 Å². The monoisotopic (exact) mass is 196 g/mol. The molecule has 0 aliphatic rings. The molecule has 0 fully saturated rings. The van der Waals surface area contributed by atoms with Crippen LogP contribution in [0.25, 0.3) is 0 Å². The average molecular weight is 196 g/mol. The maximum absolute atomic E-state index is 11.6. The summed E-state index contributed by atoms with van der Waals surface area (Å²) in [6.07, 6.45) is 6.14. The van der Waals surface area contributed by atoms with Crippen LogP contribution in [-0.4, -0.2) is 17.5 Å². The normalized spacial score (nSPS) is 15.4. The Labute approximate surface area is 86.4 Å². The van der Waals surface area contributed by atoms with Gasteiger partial charge < -0.3 is 11.1 Å². The molecule has 1 amide bonds. The van der Waals surface area contributed by atoms with Crippen LogP contribution in [0, 0.1) is 18.3 Å². The second kappa shape index (κ2) is 5.02. The average Bonchev–Trinajstić information content (AvgIpc) is 2.14. The third-order valence-corrected chi connectivity index (χ3v) is 2.36. The predicted molar refractivity (Wildman–Crippen MR) is 58.5 cm³/mol. The van der Waals surface area contributed by atoms with Crippen molar-refractivity contribution in [1.82, 2.24) is 5.32 Å². The first kappa shape index (κ1) is 13.0. The van der Waals surface area contributed by atoms with Gasteiger partial charge in [-0.05, 0) is 19.8 Å². The molecule has 0 aromatic rings. The van der Waals surface area contributed by atoms with Crippen molar-refractivity contribution in [2.75, 3.05) is 0 Å². The van der Waals surface area contributed by atoms with E-state index in [4.69, 9.17) is 12.2 Å². The zero-order chi connectivity index (χ0) is 11.4. The molecule has 0 aromatic carbocycles.